The molecule has 1 saturated carbocycles. The third kappa shape index (κ3) is 4.12. The zero-order valence-electron chi connectivity index (χ0n) is 14.1. The standard InChI is InChI=1S/C19H27NO3/c1-14-8-4-5-9-16(14)19(12-6-3-7-13-19)18(23)20-15(2)10-11-17(21)22/h4-5,8-9,15H,3,6-7,10-13H2,1-2H3,(H,20,23)(H,21,22). The van der Waals surface area contributed by atoms with Crippen LogP contribution < -0.4 is 5.32 Å². The minimum Gasteiger partial charge on any atom is -0.481 e. The van der Waals surface area contributed by atoms with Gasteiger partial charge in [0.25, 0.3) is 0 Å². The summed E-state index contributed by atoms with van der Waals surface area (Å²) in [4.78, 5) is 23.8. The predicted molar refractivity (Wildman–Crippen MR) is 90.4 cm³/mol. The third-order valence-electron chi connectivity index (χ3n) is 4.97. The van der Waals surface area contributed by atoms with Gasteiger partial charge in [-0.05, 0) is 44.2 Å². The molecule has 1 aromatic carbocycles. The Morgan fingerprint density at radius 3 is 2.48 bits per heavy atom. The molecule has 23 heavy (non-hydrogen) atoms. The van der Waals surface area contributed by atoms with Crippen LogP contribution in [0, 0.1) is 6.92 Å². The van der Waals surface area contributed by atoms with Crippen molar-refractivity contribution in [2.75, 3.05) is 0 Å². The number of nitrogens with one attached hydrogen (secondary N) is 1. The number of carbonyl (C=O) groups is 2. The molecule has 1 unspecified atom stereocenters. The molecule has 126 valence electrons. The molecule has 4 nitrogen and oxygen atoms in total. The molecular formula is C19H27NO3. The normalized spacial score (nSPS) is 18.2. The number of aryl methyl sites for hydroxylation is 1. The Morgan fingerprint density at radius 1 is 1.22 bits per heavy atom. The summed E-state index contributed by atoms with van der Waals surface area (Å²) in [5.74, 6) is -0.762. The topological polar surface area (TPSA) is 66.4 Å². The number of rotatable bonds is 6. The number of hydrogen-bond acceptors (Lipinski definition) is 2. The molecule has 1 aliphatic carbocycles. The van der Waals surface area contributed by atoms with Crippen molar-refractivity contribution >= 4 is 11.9 Å². The lowest BCUT2D eigenvalue weighted by Crippen LogP contribution is -2.49. The van der Waals surface area contributed by atoms with Crippen molar-refractivity contribution in [1.82, 2.24) is 5.32 Å². The molecule has 0 radical (unpaired) electrons. The summed E-state index contributed by atoms with van der Waals surface area (Å²) in [6.45, 7) is 3.95. The van der Waals surface area contributed by atoms with Gasteiger partial charge >= 0.3 is 5.97 Å². The van der Waals surface area contributed by atoms with Gasteiger partial charge in [-0.2, -0.15) is 0 Å². The number of carbonyl (C=O) groups excluding carboxylic acids is 1. The van der Waals surface area contributed by atoms with Gasteiger partial charge in [0.15, 0.2) is 0 Å². The zero-order valence-corrected chi connectivity index (χ0v) is 14.1. The van der Waals surface area contributed by atoms with Gasteiger partial charge in [0.2, 0.25) is 5.91 Å². The van der Waals surface area contributed by atoms with Crippen molar-refractivity contribution in [3.05, 3.63) is 35.4 Å². The summed E-state index contributed by atoms with van der Waals surface area (Å²) in [6.07, 6.45) is 5.58. The zero-order chi connectivity index (χ0) is 16.9. The fraction of sp³-hybridized carbons (Fsp3) is 0.579. The lowest BCUT2D eigenvalue weighted by molar-refractivity contribution is -0.137. The average Bonchev–Trinajstić information content (AvgIpc) is 2.54. The molecule has 4 heteroatoms. The van der Waals surface area contributed by atoms with E-state index in [1.807, 2.05) is 19.1 Å². The molecule has 0 aliphatic heterocycles. The predicted octanol–water partition coefficient (Wildman–Crippen LogP) is 3.57. The van der Waals surface area contributed by atoms with Gasteiger partial charge in [-0.25, -0.2) is 0 Å². The van der Waals surface area contributed by atoms with E-state index < -0.39 is 11.4 Å². The Bertz CT molecular complexity index is 561. The summed E-state index contributed by atoms with van der Waals surface area (Å²) in [6, 6.07) is 8.01. The van der Waals surface area contributed by atoms with E-state index >= 15 is 0 Å². The number of aliphatic carboxylic acids is 1. The molecule has 2 rings (SSSR count). The van der Waals surface area contributed by atoms with Gasteiger partial charge in [0, 0.05) is 12.5 Å². The van der Waals surface area contributed by atoms with Crippen LogP contribution in [0.1, 0.15) is 63.0 Å². The number of carboxylic acids is 1. The maximum atomic E-state index is 13.1. The van der Waals surface area contributed by atoms with E-state index in [9.17, 15) is 9.59 Å². The SMILES string of the molecule is Cc1ccccc1C1(C(=O)NC(C)CCC(=O)O)CCCCC1. The monoisotopic (exact) mass is 317 g/mol. The van der Waals surface area contributed by atoms with Crippen LogP contribution in [0.5, 0.6) is 0 Å². The van der Waals surface area contributed by atoms with E-state index in [-0.39, 0.29) is 18.4 Å². The van der Waals surface area contributed by atoms with Gasteiger partial charge in [-0.1, -0.05) is 43.5 Å². The number of amides is 1. The Hall–Kier alpha value is -1.84. The smallest absolute Gasteiger partial charge is 0.303 e. The van der Waals surface area contributed by atoms with Crippen LogP contribution in [0.15, 0.2) is 24.3 Å². The second-order valence-corrected chi connectivity index (χ2v) is 6.76. The molecule has 0 spiro atoms. The van der Waals surface area contributed by atoms with Crippen LogP contribution in [0.2, 0.25) is 0 Å². The van der Waals surface area contributed by atoms with E-state index in [0.29, 0.717) is 6.42 Å². The van der Waals surface area contributed by atoms with Crippen molar-refractivity contribution < 1.29 is 14.7 Å². The van der Waals surface area contributed by atoms with E-state index in [1.54, 1.807) is 0 Å². The van der Waals surface area contributed by atoms with Crippen molar-refractivity contribution in [1.29, 1.82) is 0 Å². The summed E-state index contributed by atoms with van der Waals surface area (Å²) in [5.41, 5.74) is 1.83. The molecule has 1 aliphatic rings. The Morgan fingerprint density at radius 2 is 1.87 bits per heavy atom. The van der Waals surface area contributed by atoms with E-state index in [2.05, 4.69) is 24.4 Å². The van der Waals surface area contributed by atoms with Crippen molar-refractivity contribution in [3.8, 4) is 0 Å². The second-order valence-electron chi connectivity index (χ2n) is 6.76. The minimum absolute atomic E-state index is 0.0596. The lowest BCUT2D eigenvalue weighted by atomic mass is 9.67. The molecular weight excluding hydrogens is 290 g/mol. The highest BCUT2D eigenvalue weighted by molar-refractivity contribution is 5.89. The molecule has 0 heterocycles. The van der Waals surface area contributed by atoms with Crippen molar-refractivity contribution in [3.63, 3.8) is 0 Å². The Kier molecular flexibility index (Phi) is 5.80. The maximum Gasteiger partial charge on any atom is 0.303 e. The van der Waals surface area contributed by atoms with Crippen LogP contribution in [0.25, 0.3) is 0 Å². The highest BCUT2D eigenvalue weighted by Crippen LogP contribution is 2.41. The number of benzene rings is 1. The average molecular weight is 317 g/mol. The van der Waals surface area contributed by atoms with Gasteiger partial charge < -0.3 is 10.4 Å². The van der Waals surface area contributed by atoms with Crippen LogP contribution in [-0.2, 0) is 15.0 Å². The summed E-state index contributed by atoms with van der Waals surface area (Å²) in [5, 5.41) is 11.9. The van der Waals surface area contributed by atoms with Crippen LogP contribution in [0.3, 0.4) is 0 Å². The Labute approximate surface area is 138 Å². The first kappa shape index (κ1) is 17.5. The van der Waals surface area contributed by atoms with Gasteiger partial charge in [0.1, 0.15) is 0 Å². The maximum absolute atomic E-state index is 13.1. The molecule has 1 atom stereocenters. The largest absolute Gasteiger partial charge is 0.481 e. The van der Waals surface area contributed by atoms with Crippen molar-refractivity contribution in [2.24, 2.45) is 0 Å². The molecule has 1 aromatic rings. The first-order valence-corrected chi connectivity index (χ1v) is 8.54. The Balaban J connectivity index is 2.20. The number of carboxylic acid groups (broad SMARTS) is 1. The fourth-order valence-electron chi connectivity index (χ4n) is 3.66. The van der Waals surface area contributed by atoms with Crippen LogP contribution in [-0.4, -0.2) is 23.0 Å². The molecule has 1 amide bonds. The van der Waals surface area contributed by atoms with Gasteiger partial charge in [0.05, 0.1) is 5.41 Å². The van der Waals surface area contributed by atoms with E-state index in [0.717, 1.165) is 36.8 Å². The van der Waals surface area contributed by atoms with E-state index in [1.165, 1.54) is 6.42 Å². The van der Waals surface area contributed by atoms with Crippen LogP contribution >= 0.6 is 0 Å². The van der Waals surface area contributed by atoms with Crippen LogP contribution in [0.4, 0.5) is 0 Å². The van der Waals surface area contributed by atoms with E-state index in [4.69, 9.17) is 5.11 Å². The molecule has 0 aromatic heterocycles. The minimum atomic E-state index is -0.822. The second kappa shape index (κ2) is 7.62. The third-order valence-corrected chi connectivity index (χ3v) is 4.97. The van der Waals surface area contributed by atoms with Crippen molar-refractivity contribution in [2.45, 2.75) is 70.3 Å². The lowest BCUT2D eigenvalue weighted by Gasteiger charge is -2.38. The highest BCUT2D eigenvalue weighted by Gasteiger charge is 2.42. The summed E-state index contributed by atoms with van der Waals surface area (Å²) in [7, 11) is 0. The number of hydrogen-bond donors (Lipinski definition) is 2. The van der Waals surface area contributed by atoms with Gasteiger partial charge in [-0.3, -0.25) is 9.59 Å². The molecule has 0 saturated heterocycles. The first-order chi connectivity index (χ1) is 11.0. The molecule has 2 N–H and O–H groups in total. The molecule has 1 fully saturated rings. The quantitative estimate of drug-likeness (QED) is 0.843. The first-order valence-electron chi connectivity index (χ1n) is 8.54. The van der Waals surface area contributed by atoms with Gasteiger partial charge in [-0.15, -0.1) is 0 Å². The fourth-order valence-corrected chi connectivity index (χ4v) is 3.66. The highest BCUT2D eigenvalue weighted by atomic mass is 16.4. The molecule has 0 bridgehead atoms. The summed E-state index contributed by atoms with van der Waals surface area (Å²) < 4.78 is 0. The summed E-state index contributed by atoms with van der Waals surface area (Å²) >= 11 is 0.